The van der Waals surface area contributed by atoms with Gasteiger partial charge in [-0.2, -0.15) is 0 Å². The molecule has 2 rings (SSSR count). The van der Waals surface area contributed by atoms with Crippen LogP contribution in [0.1, 0.15) is 12.8 Å². The molecule has 1 aromatic rings. The number of hydrogen-bond acceptors (Lipinski definition) is 3. The number of thioether (sulfide) groups is 1. The fourth-order valence-electron chi connectivity index (χ4n) is 1.56. The molecule has 0 radical (unpaired) electrons. The van der Waals surface area contributed by atoms with Gasteiger partial charge in [0.05, 0.1) is 5.02 Å². The number of aromatic nitrogens is 1. The van der Waals surface area contributed by atoms with E-state index in [4.69, 9.17) is 11.6 Å². The molecule has 0 bridgehead atoms. The third-order valence-corrected chi connectivity index (χ3v) is 3.89. The van der Waals surface area contributed by atoms with Crippen LogP contribution >= 0.6 is 23.4 Å². The van der Waals surface area contributed by atoms with Crippen LogP contribution in [0, 0.1) is 0 Å². The zero-order valence-electron chi connectivity index (χ0n) is 7.87. The predicted molar refractivity (Wildman–Crippen MR) is 61.0 cm³/mol. The number of nitrogens with one attached hydrogen (secondary N) is 1. The summed E-state index contributed by atoms with van der Waals surface area (Å²) in [6, 6.07) is 4.39. The minimum atomic E-state index is 0.637. The van der Waals surface area contributed by atoms with E-state index in [0.29, 0.717) is 6.04 Å². The Morgan fingerprint density at radius 2 is 2.57 bits per heavy atom. The van der Waals surface area contributed by atoms with Gasteiger partial charge in [-0.1, -0.05) is 11.6 Å². The highest BCUT2D eigenvalue weighted by atomic mass is 35.5. The lowest BCUT2D eigenvalue weighted by molar-refractivity contribution is 0.673. The van der Waals surface area contributed by atoms with Crippen LogP contribution in [0.25, 0.3) is 0 Å². The molecule has 1 aromatic heterocycles. The van der Waals surface area contributed by atoms with Crippen molar-refractivity contribution in [3.05, 3.63) is 23.4 Å². The second kappa shape index (κ2) is 5.01. The summed E-state index contributed by atoms with van der Waals surface area (Å²) in [4.78, 5) is 4.24. The highest BCUT2D eigenvalue weighted by Crippen LogP contribution is 2.25. The Kier molecular flexibility index (Phi) is 3.67. The number of nitrogens with zero attached hydrogens (tertiary/aromatic N) is 1. The molecule has 1 fully saturated rings. The third-order valence-electron chi connectivity index (χ3n) is 2.31. The van der Waals surface area contributed by atoms with Crippen LogP contribution in [0.2, 0.25) is 5.02 Å². The topological polar surface area (TPSA) is 24.9 Å². The molecule has 1 aliphatic heterocycles. The summed E-state index contributed by atoms with van der Waals surface area (Å²) in [6.07, 6.45) is 4.36. The zero-order chi connectivity index (χ0) is 9.80. The molecule has 1 aliphatic rings. The van der Waals surface area contributed by atoms with E-state index < -0.39 is 0 Å². The lowest BCUT2D eigenvalue weighted by atomic mass is 10.3. The number of halogens is 1. The molecule has 4 heteroatoms. The number of rotatable bonds is 3. The average molecular weight is 229 g/mol. The molecular weight excluding hydrogens is 216 g/mol. The Labute approximate surface area is 93.4 Å². The monoisotopic (exact) mass is 228 g/mol. The molecular formula is C10H13ClN2S. The summed E-state index contributed by atoms with van der Waals surface area (Å²) < 4.78 is 0. The standard InChI is InChI=1S/C10H13ClN2S/c11-9-4-2-6-13-10(9)14-7-8-3-1-5-12-8/h2,4,6,8,12H,1,3,5,7H2/t8-/m0/s1. The molecule has 0 amide bonds. The smallest absolute Gasteiger partial charge is 0.115 e. The van der Waals surface area contributed by atoms with Crippen LogP contribution < -0.4 is 5.32 Å². The normalized spacial score (nSPS) is 21.4. The minimum Gasteiger partial charge on any atom is -0.313 e. The van der Waals surface area contributed by atoms with Crippen LogP contribution in [0.3, 0.4) is 0 Å². The second-order valence-corrected chi connectivity index (χ2v) is 4.81. The van der Waals surface area contributed by atoms with E-state index in [1.165, 1.54) is 12.8 Å². The molecule has 1 N–H and O–H groups in total. The van der Waals surface area contributed by atoms with Gasteiger partial charge >= 0.3 is 0 Å². The van der Waals surface area contributed by atoms with Gasteiger partial charge in [0, 0.05) is 18.0 Å². The van der Waals surface area contributed by atoms with Gasteiger partial charge in [-0.25, -0.2) is 4.98 Å². The van der Waals surface area contributed by atoms with Crippen molar-refractivity contribution in [2.24, 2.45) is 0 Å². The Morgan fingerprint density at radius 1 is 1.64 bits per heavy atom. The summed E-state index contributed by atoms with van der Waals surface area (Å²) in [5.74, 6) is 1.07. The van der Waals surface area contributed by atoms with E-state index in [1.54, 1.807) is 18.0 Å². The maximum Gasteiger partial charge on any atom is 0.115 e. The Morgan fingerprint density at radius 3 is 3.29 bits per heavy atom. The summed E-state index contributed by atoms with van der Waals surface area (Å²) >= 11 is 7.74. The van der Waals surface area contributed by atoms with Crippen molar-refractivity contribution in [1.82, 2.24) is 10.3 Å². The quantitative estimate of drug-likeness (QED) is 0.806. The van der Waals surface area contributed by atoms with Gasteiger partial charge in [0.2, 0.25) is 0 Å². The van der Waals surface area contributed by atoms with Crippen LogP contribution in [0.5, 0.6) is 0 Å². The first-order chi connectivity index (χ1) is 6.86. The molecule has 0 aromatic carbocycles. The summed E-state index contributed by atoms with van der Waals surface area (Å²) in [6.45, 7) is 1.15. The van der Waals surface area contributed by atoms with Crippen LogP contribution in [0.4, 0.5) is 0 Å². The SMILES string of the molecule is Clc1cccnc1SC[C@@H]1CCCN1. The minimum absolute atomic E-state index is 0.637. The van der Waals surface area contributed by atoms with Crippen molar-refractivity contribution < 1.29 is 0 Å². The summed E-state index contributed by atoms with van der Waals surface area (Å²) in [5, 5.41) is 5.16. The lowest BCUT2D eigenvalue weighted by Crippen LogP contribution is -2.23. The van der Waals surface area contributed by atoms with Crippen molar-refractivity contribution in [2.75, 3.05) is 12.3 Å². The molecule has 76 valence electrons. The molecule has 0 aliphatic carbocycles. The molecule has 2 heterocycles. The van der Waals surface area contributed by atoms with Crippen molar-refractivity contribution in [3.63, 3.8) is 0 Å². The van der Waals surface area contributed by atoms with Crippen molar-refractivity contribution >= 4 is 23.4 Å². The summed E-state index contributed by atoms with van der Waals surface area (Å²) in [7, 11) is 0. The van der Waals surface area contributed by atoms with Crippen LogP contribution in [0.15, 0.2) is 23.4 Å². The number of hydrogen-bond donors (Lipinski definition) is 1. The molecule has 1 saturated heterocycles. The van der Waals surface area contributed by atoms with Gasteiger partial charge in [-0.3, -0.25) is 0 Å². The van der Waals surface area contributed by atoms with E-state index in [1.807, 2.05) is 12.1 Å². The molecule has 2 nitrogen and oxygen atoms in total. The van der Waals surface area contributed by atoms with E-state index in [9.17, 15) is 0 Å². The largest absolute Gasteiger partial charge is 0.313 e. The first-order valence-corrected chi connectivity index (χ1v) is 6.19. The van der Waals surface area contributed by atoms with E-state index in [-0.39, 0.29) is 0 Å². The molecule has 0 saturated carbocycles. The molecule has 0 spiro atoms. The van der Waals surface area contributed by atoms with E-state index >= 15 is 0 Å². The van der Waals surface area contributed by atoms with Crippen LogP contribution in [-0.2, 0) is 0 Å². The highest BCUT2D eigenvalue weighted by Gasteiger charge is 2.14. The summed E-state index contributed by atoms with van der Waals surface area (Å²) in [5.41, 5.74) is 0. The van der Waals surface area contributed by atoms with Gasteiger partial charge in [0.15, 0.2) is 0 Å². The van der Waals surface area contributed by atoms with Crippen molar-refractivity contribution in [1.29, 1.82) is 0 Å². The van der Waals surface area contributed by atoms with Gasteiger partial charge in [-0.05, 0) is 31.5 Å². The first-order valence-electron chi connectivity index (χ1n) is 4.83. The fourth-order valence-corrected chi connectivity index (χ4v) is 2.83. The molecule has 1 atom stereocenters. The van der Waals surface area contributed by atoms with Crippen LogP contribution in [-0.4, -0.2) is 23.3 Å². The lowest BCUT2D eigenvalue weighted by Gasteiger charge is -2.09. The van der Waals surface area contributed by atoms with E-state index in [0.717, 1.165) is 22.3 Å². The Bertz CT molecular complexity index is 300. The number of pyridine rings is 1. The van der Waals surface area contributed by atoms with Gasteiger partial charge in [-0.15, -0.1) is 11.8 Å². The predicted octanol–water partition coefficient (Wildman–Crippen LogP) is 2.58. The fraction of sp³-hybridized carbons (Fsp3) is 0.500. The average Bonchev–Trinajstić information content (AvgIpc) is 2.69. The second-order valence-electron chi connectivity index (χ2n) is 3.39. The van der Waals surface area contributed by atoms with Gasteiger partial charge in [0.25, 0.3) is 0 Å². The Hall–Kier alpha value is -0.250. The van der Waals surface area contributed by atoms with Gasteiger partial charge < -0.3 is 5.32 Å². The highest BCUT2D eigenvalue weighted by molar-refractivity contribution is 7.99. The molecule has 0 unspecified atom stereocenters. The third kappa shape index (κ3) is 2.62. The Balaban J connectivity index is 1.88. The van der Waals surface area contributed by atoms with Crippen molar-refractivity contribution in [3.8, 4) is 0 Å². The van der Waals surface area contributed by atoms with E-state index in [2.05, 4.69) is 10.3 Å². The molecule has 14 heavy (non-hydrogen) atoms. The zero-order valence-corrected chi connectivity index (χ0v) is 9.44. The first kappa shape index (κ1) is 10.3. The maximum absolute atomic E-state index is 6.01. The van der Waals surface area contributed by atoms with Crippen molar-refractivity contribution in [2.45, 2.75) is 23.9 Å². The maximum atomic E-state index is 6.01. The van der Waals surface area contributed by atoms with Gasteiger partial charge in [0.1, 0.15) is 5.03 Å².